The molecule has 1 saturated heterocycles. The fraction of sp³-hybridized carbons (Fsp3) is 0.682. The first-order chi connectivity index (χ1) is 13.4. The molecular formula is C22H32N2O3S. The minimum absolute atomic E-state index is 0.0281. The van der Waals surface area contributed by atoms with Gasteiger partial charge in [0.15, 0.2) is 0 Å². The standard InChI is InChI=1S/C22H32N2O3S/c1-3-23(4-2)21(25)15-17-16-22(20-8-6-5-7-19(17)20)11-13-24(14-12-22)28(26,27)18-9-10-18/h5-8,17-18H,3-4,9-16H2,1-2H3. The first-order valence-corrected chi connectivity index (χ1v) is 12.3. The summed E-state index contributed by atoms with van der Waals surface area (Å²) in [6, 6.07) is 8.54. The van der Waals surface area contributed by atoms with Crippen LogP contribution in [0.5, 0.6) is 0 Å². The van der Waals surface area contributed by atoms with Crippen molar-refractivity contribution in [2.75, 3.05) is 26.2 Å². The van der Waals surface area contributed by atoms with Gasteiger partial charge in [-0.3, -0.25) is 4.79 Å². The maximum Gasteiger partial charge on any atom is 0.223 e. The van der Waals surface area contributed by atoms with Crippen LogP contribution in [0.3, 0.4) is 0 Å². The highest BCUT2D eigenvalue weighted by Crippen LogP contribution is 2.53. The SMILES string of the molecule is CCN(CC)C(=O)CC1CC2(CCN(S(=O)(=O)C3CC3)CC2)c2ccccc21. The van der Waals surface area contributed by atoms with Crippen molar-refractivity contribution in [2.45, 2.75) is 69.0 Å². The Morgan fingerprint density at radius 2 is 1.79 bits per heavy atom. The summed E-state index contributed by atoms with van der Waals surface area (Å²) in [6.07, 6.45) is 4.91. The van der Waals surface area contributed by atoms with Crippen LogP contribution in [0.25, 0.3) is 0 Å². The van der Waals surface area contributed by atoms with E-state index in [1.807, 2.05) is 18.7 Å². The molecule has 0 bridgehead atoms. The zero-order valence-electron chi connectivity index (χ0n) is 17.1. The molecule has 5 nitrogen and oxygen atoms in total. The molecular weight excluding hydrogens is 372 g/mol. The predicted molar refractivity (Wildman–Crippen MR) is 111 cm³/mol. The normalized spacial score (nSPS) is 24.3. The van der Waals surface area contributed by atoms with Crippen LogP contribution in [0.2, 0.25) is 0 Å². The largest absolute Gasteiger partial charge is 0.343 e. The molecule has 1 aliphatic heterocycles. The number of hydrogen-bond acceptors (Lipinski definition) is 3. The predicted octanol–water partition coefficient (Wildman–Crippen LogP) is 3.26. The molecule has 2 aliphatic carbocycles. The molecule has 6 heteroatoms. The molecule has 1 heterocycles. The van der Waals surface area contributed by atoms with Crippen molar-refractivity contribution in [1.29, 1.82) is 0 Å². The smallest absolute Gasteiger partial charge is 0.223 e. The third kappa shape index (κ3) is 3.39. The molecule has 1 atom stereocenters. The maximum absolute atomic E-state index is 12.7. The highest BCUT2D eigenvalue weighted by Gasteiger charge is 2.49. The van der Waals surface area contributed by atoms with Crippen LogP contribution in [-0.4, -0.2) is 55.0 Å². The molecule has 1 aromatic carbocycles. The molecule has 0 radical (unpaired) electrons. The van der Waals surface area contributed by atoms with Crippen molar-refractivity contribution < 1.29 is 13.2 Å². The summed E-state index contributed by atoms with van der Waals surface area (Å²) in [4.78, 5) is 14.7. The van der Waals surface area contributed by atoms with Gasteiger partial charge in [-0.15, -0.1) is 0 Å². The van der Waals surface area contributed by atoms with Crippen LogP contribution in [-0.2, 0) is 20.2 Å². The van der Waals surface area contributed by atoms with Crippen molar-refractivity contribution in [3.63, 3.8) is 0 Å². The topological polar surface area (TPSA) is 57.7 Å². The Balaban J connectivity index is 1.52. The van der Waals surface area contributed by atoms with E-state index in [2.05, 4.69) is 24.3 Å². The van der Waals surface area contributed by atoms with Crippen molar-refractivity contribution in [1.82, 2.24) is 9.21 Å². The van der Waals surface area contributed by atoms with Gasteiger partial charge < -0.3 is 4.90 Å². The zero-order valence-corrected chi connectivity index (χ0v) is 17.9. The van der Waals surface area contributed by atoms with Gasteiger partial charge in [0.2, 0.25) is 15.9 Å². The van der Waals surface area contributed by atoms with Crippen molar-refractivity contribution in [3.8, 4) is 0 Å². The van der Waals surface area contributed by atoms with Crippen LogP contribution < -0.4 is 0 Å². The number of amides is 1. The number of hydrogen-bond donors (Lipinski definition) is 0. The quantitative estimate of drug-likeness (QED) is 0.731. The number of sulfonamides is 1. The Kier molecular flexibility index (Phi) is 5.29. The molecule has 1 amide bonds. The van der Waals surface area contributed by atoms with Crippen LogP contribution in [0.4, 0.5) is 0 Å². The van der Waals surface area contributed by atoms with E-state index in [9.17, 15) is 13.2 Å². The van der Waals surface area contributed by atoms with Gasteiger partial charge in [-0.1, -0.05) is 24.3 Å². The average Bonchev–Trinajstić information content (AvgIpc) is 3.51. The number of piperidine rings is 1. The Morgan fingerprint density at radius 3 is 2.39 bits per heavy atom. The van der Waals surface area contributed by atoms with Crippen molar-refractivity contribution in [2.24, 2.45) is 0 Å². The highest BCUT2D eigenvalue weighted by atomic mass is 32.2. The molecule has 4 rings (SSSR count). The van der Waals surface area contributed by atoms with E-state index in [1.165, 1.54) is 11.1 Å². The number of carbonyl (C=O) groups is 1. The minimum Gasteiger partial charge on any atom is -0.343 e. The van der Waals surface area contributed by atoms with Crippen LogP contribution >= 0.6 is 0 Å². The third-order valence-electron chi connectivity index (χ3n) is 7.13. The molecule has 0 aromatic heterocycles. The molecule has 1 saturated carbocycles. The fourth-order valence-electron chi connectivity index (χ4n) is 5.34. The van der Waals surface area contributed by atoms with Crippen LogP contribution in [0.15, 0.2) is 24.3 Å². The maximum atomic E-state index is 12.7. The van der Waals surface area contributed by atoms with Gasteiger partial charge in [-0.2, -0.15) is 0 Å². The summed E-state index contributed by atoms with van der Waals surface area (Å²) in [5.41, 5.74) is 2.69. The lowest BCUT2D eigenvalue weighted by Crippen LogP contribution is -2.45. The summed E-state index contributed by atoms with van der Waals surface area (Å²) in [6.45, 7) is 6.79. The molecule has 154 valence electrons. The summed E-state index contributed by atoms with van der Waals surface area (Å²) in [7, 11) is -3.09. The van der Waals surface area contributed by atoms with E-state index in [0.29, 0.717) is 19.5 Å². The Labute approximate surface area is 169 Å². The molecule has 0 N–H and O–H groups in total. The molecule has 3 aliphatic rings. The second-order valence-corrected chi connectivity index (χ2v) is 10.9. The van der Waals surface area contributed by atoms with Gasteiger partial charge in [-0.25, -0.2) is 12.7 Å². The number of fused-ring (bicyclic) bond motifs is 2. The van der Waals surface area contributed by atoms with E-state index < -0.39 is 10.0 Å². The lowest BCUT2D eigenvalue weighted by molar-refractivity contribution is -0.131. The molecule has 28 heavy (non-hydrogen) atoms. The molecule has 1 aromatic rings. The van der Waals surface area contributed by atoms with E-state index in [0.717, 1.165) is 45.2 Å². The van der Waals surface area contributed by atoms with Gasteiger partial charge in [0.1, 0.15) is 0 Å². The zero-order chi connectivity index (χ0) is 19.9. The first-order valence-electron chi connectivity index (χ1n) is 10.8. The van der Waals surface area contributed by atoms with Gasteiger partial charge >= 0.3 is 0 Å². The number of carbonyl (C=O) groups excluding carboxylic acids is 1. The molecule has 2 fully saturated rings. The molecule has 1 spiro atoms. The van der Waals surface area contributed by atoms with Crippen molar-refractivity contribution in [3.05, 3.63) is 35.4 Å². The third-order valence-corrected chi connectivity index (χ3v) is 9.53. The minimum atomic E-state index is -3.09. The van der Waals surface area contributed by atoms with Gasteiger partial charge in [-0.05, 0) is 68.4 Å². The van der Waals surface area contributed by atoms with Crippen LogP contribution in [0, 0.1) is 0 Å². The monoisotopic (exact) mass is 404 g/mol. The number of nitrogens with zero attached hydrogens (tertiary/aromatic N) is 2. The van der Waals surface area contributed by atoms with Gasteiger partial charge in [0.05, 0.1) is 5.25 Å². The van der Waals surface area contributed by atoms with E-state index in [-0.39, 0.29) is 22.5 Å². The number of benzene rings is 1. The van der Waals surface area contributed by atoms with Crippen molar-refractivity contribution >= 4 is 15.9 Å². The molecule has 1 unspecified atom stereocenters. The lowest BCUT2D eigenvalue weighted by atomic mass is 9.73. The van der Waals surface area contributed by atoms with Gasteiger partial charge in [0, 0.05) is 32.6 Å². The van der Waals surface area contributed by atoms with E-state index >= 15 is 0 Å². The number of rotatable bonds is 6. The Hall–Kier alpha value is -1.40. The fourth-order valence-corrected chi connectivity index (χ4v) is 7.19. The lowest BCUT2D eigenvalue weighted by Gasteiger charge is -2.40. The average molecular weight is 405 g/mol. The second-order valence-electron chi connectivity index (χ2n) is 8.68. The first kappa shape index (κ1) is 19.9. The summed E-state index contributed by atoms with van der Waals surface area (Å²) in [5.74, 6) is 0.478. The Bertz CT molecular complexity index is 835. The van der Waals surface area contributed by atoms with E-state index in [4.69, 9.17) is 0 Å². The summed E-state index contributed by atoms with van der Waals surface area (Å²) < 4.78 is 27.0. The summed E-state index contributed by atoms with van der Waals surface area (Å²) >= 11 is 0. The second kappa shape index (κ2) is 7.45. The van der Waals surface area contributed by atoms with Gasteiger partial charge in [0.25, 0.3) is 0 Å². The Morgan fingerprint density at radius 1 is 1.14 bits per heavy atom. The summed E-state index contributed by atoms with van der Waals surface area (Å²) in [5, 5.41) is -0.128. The van der Waals surface area contributed by atoms with E-state index in [1.54, 1.807) is 4.31 Å². The van der Waals surface area contributed by atoms with Crippen LogP contribution in [0.1, 0.15) is 69.4 Å². The highest BCUT2D eigenvalue weighted by molar-refractivity contribution is 7.90.